The van der Waals surface area contributed by atoms with Crippen molar-refractivity contribution in [3.05, 3.63) is 35.9 Å². The molecule has 0 spiro atoms. The van der Waals surface area contributed by atoms with Crippen molar-refractivity contribution in [2.75, 3.05) is 0 Å². The quantitative estimate of drug-likeness (QED) is 0.472. The molecule has 26 heavy (non-hydrogen) atoms. The summed E-state index contributed by atoms with van der Waals surface area (Å²) in [6.45, 7) is 5.74. The lowest BCUT2D eigenvalue weighted by molar-refractivity contribution is -0.249. The van der Waals surface area contributed by atoms with Gasteiger partial charge in [0.15, 0.2) is 11.2 Å². The van der Waals surface area contributed by atoms with Crippen LogP contribution < -0.4 is 0 Å². The highest BCUT2D eigenvalue weighted by Gasteiger charge is 2.70. The Hall–Kier alpha value is -2.17. The predicted molar refractivity (Wildman–Crippen MR) is 93.3 cm³/mol. The van der Waals surface area contributed by atoms with Crippen LogP contribution in [0.25, 0.3) is 0 Å². The smallest absolute Gasteiger partial charge is 0.324 e. The van der Waals surface area contributed by atoms with Crippen LogP contribution in [0.2, 0.25) is 0 Å². The van der Waals surface area contributed by atoms with E-state index in [1.54, 1.807) is 24.3 Å². The van der Waals surface area contributed by atoms with E-state index in [-0.39, 0.29) is 24.0 Å². The van der Waals surface area contributed by atoms with Gasteiger partial charge in [-0.15, -0.1) is 0 Å². The van der Waals surface area contributed by atoms with Crippen molar-refractivity contribution in [3.8, 4) is 0 Å². The second kappa shape index (κ2) is 5.41. The molecule has 1 saturated carbocycles. The topological polar surface area (TPSA) is 69.7 Å². The maximum atomic E-state index is 13.1. The van der Waals surface area contributed by atoms with Gasteiger partial charge < -0.3 is 9.47 Å². The fourth-order valence-corrected chi connectivity index (χ4v) is 5.18. The molecule has 4 atom stereocenters. The lowest BCUT2D eigenvalue weighted by atomic mass is 9.52. The van der Waals surface area contributed by atoms with Crippen LogP contribution in [0.1, 0.15) is 56.8 Å². The molecule has 4 rings (SSSR count). The molecule has 2 heterocycles. The van der Waals surface area contributed by atoms with E-state index in [9.17, 15) is 14.4 Å². The van der Waals surface area contributed by atoms with Gasteiger partial charge in [-0.3, -0.25) is 14.4 Å². The van der Waals surface area contributed by atoms with Crippen LogP contribution in [-0.4, -0.2) is 28.9 Å². The Morgan fingerprint density at radius 1 is 1.04 bits per heavy atom. The maximum absolute atomic E-state index is 13.1. The summed E-state index contributed by atoms with van der Waals surface area (Å²) in [5.74, 6) is -1.61. The summed E-state index contributed by atoms with van der Waals surface area (Å²) in [7, 11) is 0. The van der Waals surface area contributed by atoms with Crippen molar-refractivity contribution < 1.29 is 23.9 Å². The van der Waals surface area contributed by atoms with E-state index in [1.807, 2.05) is 26.8 Å². The van der Waals surface area contributed by atoms with Crippen LogP contribution in [0.15, 0.2) is 30.3 Å². The van der Waals surface area contributed by atoms with Crippen molar-refractivity contribution in [2.45, 2.75) is 57.7 Å². The fraction of sp³-hybridized carbons (Fsp3) is 0.571. The van der Waals surface area contributed by atoms with E-state index in [2.05, 4.69) is 0 Å². The van der Waals surface area contributed by atoms with E-state index in [1.165, 1.54) is 0 Å². The molecule has 138 valence electrons. The highest BCUT2D eigenvalue weighted by Crippen LogP contribution is 2.60. The van der Waals surface area contributed by atoms with E-state index >= 15 is 0 Å². The van der Waals surface area contributed by atoms with Crippen molar-refractivity contribution in [1.82, 2.24) is 0 Å². The molecule has 0 amide bonds. The van der Waals surface area contributed by atoms with Gasteiger partial charge in [0.05, 0.1) is 0 Å². The Labute approximate surface area is 153 Å². The summed E-state index contributed by atoms with van der Waals surface area (Å²) < 4.78 is 11.4. The zero-order chi connectivity index (χ0) is 18.7. The number of carbonyl (C=O) groups is 3. The molecule has 0 N–H and O–H groups in total. The van der Waals surface area contributed by atoms with Gasteiger partial charge in [0, 0.05) is 17.9 Å². The Morgan fingerprint density at radius 2 is 1.69 bits per heavy atom. The molecule has 5 nitrogen and oxygen atoms in total. The molecule has 3 fully saturated rings. The molecule has 3 aliphatic rings. The van der Waals surface area contributed by atoms with Crippen molar-refractivity contribution in [2.24, 2.45) is 17.3 Å². The zero-order valence-electron chi connectivity index (χ0n) is 15.4. The first-order valence-electron chi connectivity index (χ1n) is 9.23. The molecule has 1 aromatic rings. The molecule has 2 aliphatic heterocycles. The summed E-state index contributed by atoms with van der Waals surface area (Å²) in [6.07, 6.45) is 1.98. The molecule has 2 bridgehead atoms. The third-order valence-electron chi connectivity index (χ3n) is 6.61. The SMILES string of the molecule is CC1(C)OC(=O)[C@@]2(CC(=O)c3ccccc3)C(=O)O[C@@]3(C)CC[C@H]1[C@@H]2C3. The Kier molecular flexibility index (Phi) is 3.59. The second-order valence-electron chi connectivity index (χ2n) is 8.73. The van der Waals surface area contributed by atoms with E-state index in [4.69, 9.17) is 9.47 Å². The largest absolute Gasteiger partial charge is 0.458 e. The molecular weight excluding hydrogens is 332 g/mol. The molecule has 5 heteroatoms. The van der Waals surface area contributed by atoms with E-state index < -0.39 is 28.6 Å². The summed E-state index contributed by atoms with van der Waals surface area (Å²) in [5, 5.41) is 0. The zero-order valence-corrected chi connectivity index (χ0v) is 15.4. The van der Waals surface area contributed by atoms with E-state index in [0.29, 0.717) is 12.0 Å². The molecule has 1 aromatic carbocycles. The first-order chi connectivity index (χ1) is 12.2. The molecule has 0 radical (unpaired) electrons. The van der Waals surface area contributed by atoms with Crippen molar-refractivity contribution in [3.63, 3.8) is 0 Å². The number of rotatable bonds is 3. The summed E-state index contributed by atoms with van der Waals surface area (Å²) in [5.41, 5.74) is -2.22. The Balaban J connectivity index is 1.77. The number of benzene rings is 1. The predicted octanol–water partition coefficient (Wildman–Crippen LogP) is 3.31. The Bertz CT molecular complexity index is 773. The van der Waals surface area contributed by atoms with Gasteiger partial charge in [-0.25, -0.2) is 0 Å². The number of esters is 2. The van der Waals surface area contributed by atoms with Gasteiger partial charge in [0.25, 0.3) is 0 Å². The number of hydrogen-bond donors (Lipinski definition) is 0. The van der Waals surface area contributed by atoms with E-state index in [0.717, 1.165) is 12.8 Å². The number of Topliss-reactive ketones (excluding diaryl/α,β-unsaturated/α-hetero) is 1. The number of ketones is 1. The molecule has 1 aliphatic carbocycles. The molecule has 2 saturated heterocycles. The summed E-state index contributed by atoms with van der Waals surface area (Å²) in [6, 6.07) is 8.77. The lowest BCUT2D eigenvalue weighted by Crippen LogP contribution is -2.68. The van der Waals surface area contributed by atoms with Crippen molar-refractivity contribution >= 4 is 17.7 Å². The van der Waals surface area contributed by atoms with Gasteiger partial charge in [-0.2, -0.15) is 0 Å². The van der Waals surface area contributed by atoms with Crippen LogP contribution in [0.3, 0.4) is 0 Å². The highest BCUT2D eigenvalue weighted by atomic mass is 16.6. The van der Waals surface area contributed by atoms with Gasteiger partial charge in [0.2, 0.25) is 0 Å². The first-order valence-corrected chi connectivity index (χ1v) is 9.23. The highest BCUT2D eigenvalue weighted by molar-refractivity contribution is 6.08. The number of hydrogen-bond acceptors (Lipinski definition) is 5. The minimum Gasteiger partial charge on any atom is -0.458 e. The molecular formula is C21H24O5. The number of ether oxygens (including phenoxy) is 2. The van der Waals surface area contributed by atoms with Crippen LogP contribution >= 0.6 is 0 Å². The monoisotopic (exact) mass is 356 g/mol. The van der Waals surface area contributed by atoms with Gasteiger partial charge in [-0.05, 0) is 46.0 Å². The average molecular weight is 356 g/mol. The summed E-state index contributed by atoms with van der Waals surface area (Å²) >= 11 is 0. The minimum absolute atomic E-state index is 0.0460. The van der Waals surface area contributed by atoms with Crippen LogP contribution in [0, 0.1) is 17.3 Å². The fourth-order valence-electron chi connectivity index (χ4n) is 5.18. The standard InChI is InChI=1S/C21H24O5/c1-19(2)14-9-10-20(3)11-15(14)21(17(23)25-19,18(24)26-20)12-16(22)13-7-5-4-6-8-13/h4-8,14-15H,9-12H2,1-3H3/t14-,15-,20-,21-/m0/s1. The van der Waals surface area contributed by atoms with Gasteiger partial charge >= 0.3 is 11.9 Å². The van der Waals surface area contributed by atoms with Gasteiger partial charge in [-0.1, -0.05) is 30.3 Å². The number of fused-ring (bicyclic) bond motifs is 1. The normalized spacial score (nSPS) is 37.5. The third kappa shape index (κ3) is 2.32. The third-order valence-corrected chi connectivity index (χ3v) is 6.61. The Morgan fingerprint density at radius 3 is 2.38 bits per heavy atom. The maximum Gasteiger partial charge on any atom is 0.324 e. The number of carbonyl (C=O) groups excluding carboxylic acids is 3. The van der Waals surface area contributed by atoms with Gasteiger partial charge in [0.1, 0.15) is 11.2 Å². The average Bonchev–Trinajstić information content (AvgIpc) is 2.57. The molecule has 0 unspecified atom stereocenters. The van der Waals surface area contributed by atoms with Crippen LogP contribution in [0.5, 0.6) is 0 Å². The second-order valence-corrected chi connectivity index (χ2v) is 8.73. The summed E-state index contributed by atoms with van der Waals surface area (Å²) in [4.78, 5) is 39.0. The van der Waals surface area contributed by atoms with Crippen molar-refractivity contribution in [1.29, 1.82) is 0 Å². The molecule has 0 aromatic heterocycles. The van der Waals surface area contributed by atoms with Crippen LogP contribution in [0.4, 0.5) is 0 Å². The van der Waals surface area contributed by atoms with Crippen LogP contribution in [-0.2, 0) is 19.1 Å². The minimum atomic E-state index is -1.52. The lowest BCUT2D eigenvalue weighted by Gasteiger charge is -2.59. The first kappa shape index (κ1) is 17.3. The number of cyclic esters (lactones) is 1.